The highest BCUT2D eigenvalue weighted by atomic mass is 16.6. The highest BCUT2D eigenvalue weighted by Crippen LogP contribution is 2.16. The Hall–Kier alpha value is -1.10. The van der Waals surface area contributed by atoms with Gasteiger partial charge in [-0.3, -0.25) is 4.79 Å². The van der Waals surface area contributed by atoms with E-state index in [0.29, 0.717) is 6.42 Å². The zero-order chi connectivity index (χ0) is 15.3. The molecule has 0 aliphatic carbocycles. The van der Waals surface area contributed by atoms with Crippen molar-refractivity contribution in [3.05, 3.63) is 0 Å². The number of rotatable bonds is 5. The highest BCUT2D eigenvalue weighted by molar-refractivity contribution is 5.85. The SMILES string of the molecule is CC(C)[C@H](NC(=O)CC1CCCO1)C(=O)OC(C)(C)C. The summed E-state index contributed by atoms with van der Waals surface area (Å²) in [6, 6.07) is -0.608. The Balaban J connectivity index is 2.53. The number of hydrogen-bond acceptors (Lipinski definition) is 4. The number of amides is 1. The summed E-state index contributed by atoms with van der Waals surface area (Å²) >= 11 is 0. The third-order valence-corrected chi connectivity index (χ3v) is 3.08. The molecule has 116 valence electrons. The first kappa shape index (κ1) is 17.0. The van der Waals surface area contributed by atoms with Gasteiger partial charge in [-0.15, -0.1) is 0 Å². The molecule has 1 amide bonds. The molecule has 1 N–H and O–H groups in total. The fourth-order valence-corrected chi connectivity index (χ4v) is 2.11. The van der Waals surface area contributed by atoms with Gasteiger partial charge in [-0.1, -0.05) is 13.8 Å². The van der Waals surface area contributed by atoms with E-state index in [1.165, 1.54) is 0 Å². The van der Waals surface area contributed by atoms with E-state index in [1.807, 2.05) is 34.6 Å². The molecule has 2 atom stereocenters. The summed E-state index contributed by atoms with van der Waals surface area (Å²) in [6.45, 7) is 9.95. The number of carbonyl (C=O) groups is 2. The predicted octanol–water partition coefficient (Wildman–Crippen LogP) is 2.04. The lowest BCUT2D eigenvalue weighted by atomic mass is 10.0. The minimum Gasteiger partial charge on any atom is -0.458 e. The molecule has 1 rings (SSSR count). The highest BCUT2D eigenvalue weighted by Gasteiger charge is 2.30. The van der Waals surface area contributed by atoms with E-state index in [9.17, 15) is 9.59 Å². The maximum absolute atomic E-state index is 12.1. The third-order valence-electron chi connectivity index (χ3n) is 3.08. The Bertz CT molecular complexity index is 340. The molecular weight excluding hydrogens is 258 g/mol. The molecule has 0 radical (unpaired) electrons. The van der Waals surface area contributed by atoms with Crippen LogP contribution in [-0.2, 0) is 19.1 Å². The molecule has 0 bridgehead atoms. The Kier molecular flexibility index (Phi) is 5.99. The van der Waals surface area contributed by atoms with Crippen molar-refractivity contribution in [2.75, 3.05) is 6.61 Å². The van der Waals surface area contributed by atoms with Crippen molar-refractivity contribution in [3.8, 4) is 0 Å². The van der Waals surface area contributed by atoms with E-state index >= 15 is 0 Å². The summed E-state index contributed by atoms with van der Waals surface area (Å²) in [4.78, 5) is 24.1. The molecule has 5 nitrogen and oxygen atoms in total. The number of esters is 1. The second-order valence-electron chi connectivity index (χ2n) is 6.66. The van der Waals surface area contributed by atoms with Crippen molar-refractivity contribution < 1.29 is 19.1 Å². The first-order valence-corrected chi connectivity index (χ1v) is 7.33. The molecule has 1 aliphatic rings. The number of carbonyl (C=O) groups excluding carboxylic acids is 2. The predicted molar refractivity (Wildman–Crippen MR) is 76.2 cm³/mol. The van der Waals surface area contributed by atoms with Gasteiger partial charge in [0, 0.05) is 6.61 Å². The summed E-state index contributed by atoms with van der Waals surface area (Å²) in [5.41, 5.74) is -0.552. The van der Waals surface area contributed by atoms with E-state index in [4.69, 9.17) is 9.47 Å². The number of nitrogens with one attached hydrogen (secondary N) is 1. The summed E-state index contributed by atoms with van der Waals surface area (Å²) < 4.78 is 10.8. The molecule has 0 aromatic carbocycles. The minimum atomic E-state index is -0.608. The Morgan fingerprint density at radius 3 is 2.45 bits per heavy atom. The van der Waals surface area contributed by atoms with Crippen LogP contribution < -0.4 is 5.32 Å². The molecule has 0 aromatic heterocycles. The molecule has 20 heavy (non-hydrogen) atoms. The van der Waals surface area contributed by atoms with Crippen molar-refractivity contribution in [3.63, 3.8) is 0 Å². The van der Waals surface area contributed by atoms with Crippen LogP contribution in [0.25, 0.3) is 0 Å². The van der Waals surface area contributed by atoms with Crippen LogP contribution >= 0.6 is 0 Å². The van der Waals surface area contributed by atoms with E-state index in [2.05, 4.69) is 5.32 Å². The zero-order valence-corrected chi connectivity index (χ0v) is 13.2. The molecule has 0 spiro atoms. The topological polar surface area (TPSA) is 64.6 Å². The van der Waals surface area contributed by atoms with Gasteiger partial charge in [0.1, 0.15) is 11.6 Å². The maximum Gasteiger partial charge on any atom is 0.329 e. The average Bonchev–Trinajstić information content (AvgIpc) is 2.75. The lowest BCUT2D eigenvalue weighted by molar-refractivity contribution is -0.160. The Labute approximate surface area is 121 Å². The standard InChI is InChI=1S/C15H27NO4/c1-10(2)13(14(18)20-15(3,4)5)16-12(17)9-11-7-6-8-19-11/h10-11,13H,6-9H2,1-5H3,(H,16,17)/t11?,13-/m0/s1. The molecule has 1 unspecified atom stereocenters. The minimum absolute atomic E-state index is 0.0125. The number of hydrogen-bond donors (Lipinski definition) is 1. The van der Waals surface area contributed by atoms with Crippen molar-refractivity contribution in [2.45, 2.75) is 71.6 Å². The lowest BCUT2D eigenvalue weighted by Crippen LogP contribution is -2.47. The van der Waals surface area contributed by atoms with Crippen LogP contribution in [-0.4, -0.2) is 36.2 Å². The van der Waals surface area contributed by atoms with Crippen LogP contribution in [0.2, 0.25) is 0 Å². The quantitative estimate of drug-likeness (QED) is 0.785. The normalized spacial score (nSPS) is 20.8. The van der Waals surface area contributed by atoms with Gasteiger partial charge in [-0.05, 0) is 39.5 Å². The van der Waals surface area contributed by atoms with Crippen molar-refractivity contribution in [1.29, 1.82) is 0 Å². The summed E-state index contributed by atoms with van der Waals surface area (Å²) in [7, 11) is 0. The van der Waals surface area contributed by atoms with Crippen LogP contribution in [0.4, 0.5) is 0 Å². The Morgan fingerprint density at radius 2 is 2.00 bits per heavy atom. The monoisotopic (exact) mass is 285 g/mol. The van der Waals surface area contributed by atoms with Gasteiger partial charge in [0.25, 0.3) is 0 Å². The second kappa shape index (κ2) is 7.07. The maximum atomic E-state index is 12.1. The van der Waals surface area contributed by atoms with E-state index < -0.39 is 11.6 Å². The molecule has 1 saturated heterocycles. The fourth-order valence-electron chi connectivity index (χ4n) is 2.11. The van der Waals surface area contributed by atoms with Crippen molar-refractivity contribution in [2.24, 2.45) is 5.92 Å². The van der Waals surface area contributed by atoms with Gasteiger partial charge >= 0.3 is 5.97 Å². The van der Waals surface area contributed by atoms with Crippen molar-refractivity contribution in [1.82, 2.24) is 5.32 Å². The van der Waals surface area contributed by atoms with Crippen LogP contribution in [0.5, 0.6) is 0 Å². The van der Waals surface area contributed by atoms with Crippen LogP contribution in [0.15, 0.2) is 0 Å². The van der Waals surface area contributed by atoms with Gasteiger partial charge in [-0.2, -0.15) is 0 Å². The molecule has 1 fully saturated rings. The molecule has 1 aliphatic heterocycles. The summed E-state index contributed by atoms with van der Waals surface area (Å²) in [6.07, 6.45) is 2.21. The smallest absolute Gasteiger partial charge is 0.329 e. The van der Waals surface area contributed by atoms with Crippen LogP contribution in [0, 0.1) is 5.92 Å². The van der Waals surface area contributed by atoms with Gasteiger partial charge in [-0.25, -0.2) is 4.79 Å². The molecular formula is C15H27NO4. The third kappa shape index (κ3) is 5.90. The van der Waals surface area contributed by atoms with E-state index in [0.717, 1.165) is 19.4 Å². The van der Waals surface area contributed by atoms with Gasteiger partial charge in [0.15, 0.2) is 0 Å². The van der Waals surface area contributed by atoms with E-state index in [-0.39, 0.29) is 23.9 Å². The van der Waals surface area contributed by atoms with Gasteiger partial charge in [0.2, 0.25) is 5.91 Å². The lowest BCUT2D eigenvalue weighted by Gasteiger charge is -2.26. The molecule has 1 heterocycles. The molecule has 5 heteroatoms. The van der Waals surface area contributed by atoms with Crippen LogP contribution in [0.3, 0.4) is 0 Å². The molecule has 0 saturated carbocycles. The summed E-state index contributed by atoms with van der Waals surface area (Å²) in [5.74, 6) is -0.548. The fraction of sp³-hybridized carbons (Fsp3) is 0.867. The first-order chi connectivity index (χ1) is 9.19. The van der Waals surface area contributed by atoms with Crippen LogP contribution in [0.1, 0.15) is 53.9 Å². The largest absolute Gasteiger partial charge is 0.458 e. The average molecular weight is 285 g/mol. The Morgan fingerprint density at radius 1 is 1.35 bits per heavy atom. The first-order valence-electron chi connectivity index (χ1n) is 7.33. The number of ether oxygens (including phenoxy) is 2. The van der Waals surface area contributed by atoms with Crippen molar-refractivity contribution >= 4 is 11.9 Å². The zero-order valence-electron chi connectivity index (χ0n) is 13.2. The van der Waals surface area contributed by atoms with E-state index in [1.54, 1.807) is 0 Å². The van der Waals surface area contributed by atoms with Gasteiger partial charge in [0.05, 0.1) is 12.5 Å². The summed E-state index contributed by atoms with van der Waals surface area (Å²) in [5, 5.41) is 2.77. The second-order valence-corrected chi connectivity index (χ2v) is 6.66. The molecule has 0 aromatic rings. The van der Waals surface area contributed by atoms with Gasteiger partial charge < -0.3 is 14.8 Å².